The summed E-state index contributed by atoms with van der Waals surface area (Å²) < 4.78 is 33.0. The van der Waals surface area contributed by atoms with E-state index in [1.807, 2.05) is 30.3 Å². The Kier molecular flexibility index (Phi) is 5.51. The molecule has 1 aliphatic rings. The number of rotatable bonds is 4. The van der Waals surface area contributed by atoms with E-state index in [2.05, 4.69) is 5.32 Å². The number of benzene rings is 2. The molecule has 3 rings (SSSR count). The topological polar surface area (TPSA) is 58.6 Å². The first kappa shape index (κ1) is 17.6. The smallest absolute Gasteiger partial charge is 0.278 e. The average molecular weight is 355 g/mol. The molecule has 1 atom stereocenters. The van der Waals surface area contributed by atoms with Crippen LogP contribution in [0.3, 0.4) is 0 Å². The van der Waals surface area contributed by atoms with Crippen LogP contribution < -0.4 is 14.4 Å². The van der Waals surface area contributed by atoms with Gasteiger partial charge in [-0.25, -0.2) is 12.7 Å². The molecule has 0 spiro atoms. The van der Waals surface area contributed by atoms with Crippen molar-refractivity contribution in [2.45, 2.75) is 11.9 Å². The highest BCUT2D eigenvalue weighted by Gasteiger charge is 2.40. The second-order valence-corrected chi connectivity index (χ2v) is 6.97. The van der Waals surface area contributed by atoms with Crippen LogP contribution >= 0.6 is 12.4 Å². The molecule has 0 amide bonds. The molecule has 1 unspecified atom stereocenters. The second kappa shape index (κ2) is 7.21. The van der Waals surface area contributed by atoms with E-state index in [1.165, 1.54) is 4.31 Å². The Hall–Kier alpha value is -1.76. The van der Waals surface area contributed by atoms with Crippen LogP contribution in [0, 0.1) is 0 Å². The number of halogens is 1. The Labute approximate surface area is 142 Å². The first-order valence-corrected chi connectivity index (χ1v) is 8.64. The lowest BCUT2D eigenvalue weighted by Gasteiger charge is -2.35. The third-order valence-corrected chi connectivity index (χ3v) is 5.46. The van der Waals surface area contributed by atoms with Crippen molar-refractivity contribution in [3.05, 3.63) is 54.6 Å². The van der Waals surface area contributed by atoms with Gasteiger partial charge in [0.2, 0.25) is 5.44 Å². The molecule has 1 heterocycles. The zero-order valence-electron chi connectivity index (χ0n) is 12.7. The van der Waals surface area contributed by atoms with Crippen molar-refractivity contribution in [2.24, 2.45) is 0 Å². The van der Waals surface area contributed by atoms with Gasteiger partial charge in [-0.1, -0.05) is 30.3 Å². The summed E-state index contributed by atoms with van der Waals surface area (Å²) in [7, 11) is -1.84. The largest absolute Gasteiger partial charge is 0.470 e. The molecule has 0 bridgehead atoms. The summed E-state index contributed by atoms with van der Waals surface area (Å²) in [6, 6.07) is 16.3. The van der Waals surface area contributed by atoms with Gasteiger partial charge in [-0.05, 0) is 37.9 Å². The quantitative estimate of drug-likeness (QED) is 0.917. The van der Waals surface area contributed by atoms with Gasteiger partial charge in [-0.2, -0.15) is 0 Å². The number of nitrogens with one attached hydrogen (secondary N) is 1. The normalized spacial score (nSPS) is 18.5. The number of hydrogen-bond acceptors (Lipinski definition) is 4. The van der Waals surface area contributed by atoms with Crippen LogP contribution in [-0.2, 0) is 10.0 Å². The highest BCUT2D eigenvalue weighted by atomic mass is 35.5. The van der Waals surface area contributed by atoms with Crippen molar-refractivity contribution in [1.29, 1.82) is 0 Å². The first-order valence-electron chi connectivity index (χ1n) is 7.14. The van der Waals surface area contributed by atoms with Gasteiger partial charge < -0.3 is 10.1 Å². The van der Waals surface area contributed by atoms with E-state index in [0.717, 1.165) is 0 Å². The molecule has 1 aliphatic heterocycles. The van der Waals surface area contributed by atoms with E-state index >= 15 is 0 Å². The molecular formula is C16H19ClN2O3S. The SMILES string of the molecule is CNCCC1Oc2ccccc2N(c2ccccc2)S1(=O)=O.Cl. The van der Waals surface area contributed by atoms with Crippen LogP contribution in [0.2, 0.25) is 0 Å². The van der Waals surface area contributed by atoms with Crippen LogP contribution in [0.15, 0.2) is 54.6 Å². The summed E-state index contributed by atoms with van der Waals surface area (Å²) in [6.45, 7) is 0.564. The standard InChI is InChI=1S/C16H18N2O3S.ClH/c1-17-12-11-16-21-15-10-6-5-9-14(15)18(22(16,19)20)13-7-3-2-4-8-13;/h2-10,16-17H,11-12H2,1H3;1H. The highest BCUT2D eigenvalue weighted by molar-refractivity contribution is 7.93. The van der Waals surface area contributed by atoms with Gasteiger partial charge in [0.1, 0.15) is 5.75 Å². The van der Waals surface area contributed by atoms with Crippen molar-refractivity contribution in [3.63, 3.8) is 0 Å². The summed E-state index contributed by atoms with van der Waals surface area (Å²) in [4.78, 5) is 0. The third kappa shape index (κ3) is 3.29. The molecule has 5 nitrogen and oxygen atoms in total. The number of nitrogens with zero attached hydrogens (tertiary/aromatic N) is 1. The van der Waals surface area contributed by atoms with E-state index in [0.29, 0.717) is 30.1 Å². The highest BCUT2D eigenvalue weighted by Crippen LogP contribution is 2.42. The zero-order chi connectivity index (χ0) is 15.6. The number of para-hydroxylation sites is 3. The van der Waals surface area contributed by atoms with Gasteiger partial charge in [0.25, 0.3) is 10.0 Å². The fraction of sp³-hybridized carbons (Fsp3) is 0.250. The number of hydrogen-bond donors (Lipinski definition) is 1. The van der Waals surface area contributed by atoms with E-state index in [1.54, 1.807) is 31.3 Å². The van der Waals surface area contributed by atoms with Gasteiger partial charge in [-0.15, -0.1) is 12.4 Å². The average Bonchev–Trinajstić information content (AvgIpc) is 2.53. The number of fused-ring (bicyclic) bond motifs is 1. The molecule has 23 heavy (non-hydrogen) atoms. The lowest BCUT2D eigenvalue weighted by molar-refractivity contribution is 0.257. The van der Waals surface area contributed by atoms with Crippen LogP contribution in [0.4, 0.5) is 11.4 Å². The van der Waals surface area contributed by atoms with Crippen molar-refractivity contribution in [1.82, 2.24) is 5.32 Å². The maximum absolute atomic E-state index is 13.0. The van der Waals surface area contributed by atoms with Crippen LogP contribution in [0.1, 0.15) is 6.42 Å². The van der Waals surface area contributed by atoms with E-state index in [4.69, 9.17) is 4.74 Å². The van der Waals surface area contributed by atoms with Crippen molar-refractivity contribution >= 4 is 33.8 Å². The fourth-order valence-electron chi connectivity index (χ4n) is 2.50. The van der Waals surface area contributed by atoms with Crippen molar-refractivity contribution in [3.8, 4) is 5.75 Å². The molecule has 0 radical (unpaired) electrons. The van der Waals surface area contributed by atoms with E-state index < -0.39 is 15.5 Å². The van der Waals surface area contributed by atoms with Gasteiger partial charge in [0, 0.05) is 6.42 Å². The molecule has 0 aliphatic carbocycles. The Balaban J connectivity index is 0.00000192. The minimum absolute atomic E-state index is 0. The number of anilines is 2. The van der Waals surface area contributed by atoms with E-state index in [9.17, 15) is 8.42 Å². The van der Waals surface area contributed by atoms with Gasteiger partial charge >= 0.3 is 0 Å². The summed E-state index contributed by atoms with van der Waals surface area (Å²) in [5.74, 6) is 0.585. The predicted molar refractivity (Wildman–Crippen MR) is 94.2 cm³/mol. The minimum atomic E-state index is -3.63. The molecule has 0 fully saturated rings. The summed E-state index contributed by atoms with van der Waals surface area (Å²) in [6.07, 6.45) is 0.385. The lowest BCUT2D eigenvalue weighted by Crippen LogP contribution is -2.44. The fourth-order valence-corrected chi connectivity index (χ4v) is 4.22. The molecule has 0 saturated heterocycles. The maximum Gasteiger partial charge on any atom is 0.278 e. The van der Waals surface area contributed by atoms with Crippen LogP contribution in [0.5, 0.6) is 5.75 Å². The number of sulfonamides is 1. The van der Waals surface area contributed by atoms with Gasteiger partial charge in [0.15, 0.2) is 0 Å². The summed E-state index contributed by atoms with van der Waals surface area (Å²) >= 11 is 0. The Morgan fingerprint density at radius 2 is 1.74 bits per heavy atom. The molecular weight excluding hydrogens is 336 g/mol. The molecule has 0 aromatic heterocycles. The molecule has 2 aromatic carbocycles. The summed E-state index contributed by atoms with van der Waals surface area (Å²) in [5.41, 5.74) is 0.275. The predicted octanol–water partition coefficient (Wildman–Crippen LogP) is 2.90. The van der Waals surface area contributed by atoms with Crippen LogP contribution in [0.25, 0.3) is 0 Å². The van der Waals surface area contributed by atoms with Crippen molar-refractivity contribution < 1.29 is 13.2 Å². The Morgan fingerprint density at radius 3 is 2.43 bits per heavy atom. The van der Waals surface area contributed by atoms with Crippen LogP contribution in [-0.4, -0.2) is 27.4 Å². The molecule has 124 valence electrons. The van der Waals surface area contributed by atoms with Crippen molar-refractivity contribution in [2.75, 3.05) is 17.9 Å². The molecule has 1 N–H and O–H groups in total. The lowest BCUT2D eigenvalue weighted by atomic mass is 10.2. The monoisotopic (exact) mass is 354 g/mol. The molecule has 7 heteroatoms. The minimum Gasteiger partial charge on any atom is -0.470 e. The van der Waals surface area contributed by atoms with Gasteiger partial charge in [-0.3, -0.25) is 0 Å². The Morgan fingerprint density at radius 1 is 1.09 bits per heavy atom. The maximum atomic E-state index is 13.0. The van der Waals surface area contributed by atoms with E-state index in [-0.39, 0.29) is 12.4 Å². The molecule has 2 aromatic rings. The Bertz CT molecular complexity index is 753. The second-order valence-electron chi connectivity index (χ2n) is 5.05. The third-order valence-electron chi connectivity index (χ3n) is 3.55. The molecule has 0 saturated carbocycles. The summed E-state index contributed by atoms with van der Waals surface area (Å²) in [5, 5.41) is 2.97. The first-order chi connectivity index (χ1) is 10.6. The number of ether oxygens (including phenoxy) is 1. The van der Waals surface area contributed by atoms with Gasteiger partial charge in [0.05, 0.1) is 11.4 Å². The zero-order valence-corrected chi connectivity index (χ0v) is 14.3.